The molecule has 10 nitrogen and oxygen atoms in total. The summed E-state index contributed by atoms with van der Waals surface area (Å²) in [4.78, 5) is 20.0. The Morgan fingerprint density at radius 3 is 2.33 bits per heavy atom. The summed E-state index contributed by atoms with van der Waals surface area (Å²) in [5, 5.41) is 42.2. The summed E-state index contributed by atoms with van der Waals surface area (Å²) >= 11 is 0. The smallest absolute Gasteiger partial charge is 0.354 e. The normalized spacial score (nSPS) is 15.7. The lowest BCUT2D eigenvalue weighted by atomic mass is 9.98. The van der Waals surface area contributed by atoms with Gasteiger partial charge in [-0.05, 0) is 24.3 Å². The van der Waals surface area contributed by atoms with E-state index >= 15 is 0 Å². The van der Waals surface area contributed by atoms with Crippen LogP contribution in [0.15, 0.2) is 36.1 Å². The molecule has 1 heterocycles. The molecule has 1 aliphatic heterocycles. The predicted octanol–water partition coefficient (Wildman–Crippen LogP) is 2.79. The van der Waals surface area contributed by atoms with Crippen LogP contribution in [0.4, 0.5) is 15.8 Å². The Labute approximate surface area is 150 Å². The van der Waals surface area contributed by atoms with Crippen molar-refractivity contribution in [1.29, 1.82) is 0 Å². The highest BCUT2D eigenvalue weighted by molar-refractivity contribution is 5.73. The molecule has 2 aromatic carbocycles. The first-order valence-electron chi connectivity index (χ1n) is 7.34. The molecule has 0 fully saturated rings. The number of hydrogen-bond donors (Lipinski definition) is 2. The van der Waals surface area contributed by atoms with E-state index in [1.165, 1.54) is 31.4 Å². The maximum atomic E-state index is 14.3. The lowest BCUT2D eigenvalue weighted by molar-refractivity contribution is -0.399. The lowest BCUT2D eigenvalue weighted by Gasteiger charge is -2.26. The number of phenols is 1. The third-order valence-electron chi connectivity index (χ3n) is 3.90. The van der Waals surface area contributed by atoms with E-state index in [1.807, 2.05) is 0 Å². The molecule has 0 aliphatic carbocycles. The Morgan fingerprint density at radius 1 is 1.19 bits per heavy atom. The van der Waals surface area contributed by atoms with Crippen molar-refractivity contribution in [3.8, 4) is 11.5 Å². The van der Waals surface area contributed by atoms with Gasteiger partial charge in [-0.15, -0.1) is 0 Å². The standard InChI is InChI=1S/C16H11FN2O8/c1-26-16-13(21)9-6-10(18(22)23)11(17)12(19(24)25)15(9)27-14(16)7-2-4-8(20)5-3-7/h2-6,13,20-21H,1H3. The van der Waals surface area contributed by atoms with Crippen molar-refractivity contribution in [1.82, 2.24) is 0 Å². The van der Waals surface area contributed by atoms with Crippen LogP contribution in [0.1, 0.15) is 17.2 Å². The second kappa shape index (κ2) is 6.53. The summed E-state index contributed by atoms with van der Waals surface area (Å²) in [6.07, 6.45) is -1.68. The lowest BCUT2D eigenvalue weighted by Crippen LogP contribution is -2.18. The second-order valence-electron chi connectivity index (χ2n) is 5.44. The van der Waals surface area contributed by atoms with E-state index in [0.717, 1.165) is 0 Å². The zero-order chi connectivity index (χ0) is 19.9. The number of nitro groups is 2. The van der Waals surface area contributed by atoms with Crippen LogP contribution in [0.2, 0.25) is 0 Å². The number of aliphatic hydroxyl groups is 1. The Bertz CT molecular complexity index is 987. The van der Waals surface area contributed by atoms with Gasteiger partial charge in [0, 0.05) is 17.2 Å². The van der Waals surface area contributed by atoms with Crippen molar-refractivity contribution < 1.29 is 33.9 Å². The molecule has 2 aromatic rings. The Kier molecular flexibility index (Phi) is 4.37. The van der Waals surface area contributed by atoms with Gasteiger partial charge >= 0.3 is 11.4 Å². The van der Waals surface area contributed by atoms with Gasteiger partial charge in [0.2, 0.25) is 5.75 Å². The third kappa shape index (κ3) is 2.89. The molecule has 0 bridgehead atoms. The number of ether oxygens (including phenoxy) is 2. The number of hydrogen-bond acceptors (Lipinski definition) is 8. The highest BCUT2D eigenvalue weighted by atomic mass is 19.1. The fourth-order valence-electron chi connectivity index (χ4n) is 2.68. The van der Waals surface area contributed by atoms with E-state index < -0.39 is 38.9 Å². The van der Waals surface area contributed by atoms with Crippen LogP contribution < -0.4 is 4.74 Å². The summed E-state index contributed by atoms with van der Waals surface area (Å²) in [7, 11) is 1.19. The zero-order valence-electron chi connectivity index (χ0n) is 13.6. The van der Waals surface area contributed by atoms with E-state index in [9.17, 15) is 34.8 Å². The summed E-state index contributed by atoms with van der Waals surface area (Å²) in [5.41, 5.74) is -2.56. The highest BCUT2D eigenvalue weighted by Crippen LogP contribution is 2.49. The van der Waals surface area contributed by atoms with Crippen LogP contribution in [-0.2, 0) is 4.74 Å². The van der Waals surface area contributed by atoms with Gasteiger partial charge < -0.3 is 19.7 Å². The Balaban J connectivity index is 2.28. The maximum absolute atomic E-state index is 14.3. The van der Waals surface area contributed by atoms with Crippen LogP contribution in [0.25, 0.3) is 5.76 Å². The van der Waals surface area contributed by atoms with Gasteiger partial charge in [-0.3, -0.25) is 20.2 Å². The predicted molar refractivity (Wildman–Crippen MR) is 87.3 cm³/mol. The van der Waals surface area contributed by atoms with Gasteiger partial charge in [0.15, 0.2) is 11.5 Å². The summed E-state index contributed by atoms with van der Waals surface area (Å²) in [6.45, 7) is 0. The highest BCUT2D eigenvalue weighted by Gasteiger charge is 2.41. The molecule has 0 amide bonds. The van der Waals surface area contributed by atoms with E-state index in [-0.39, 0.29) is 28.4 Å². The van der Waals surface area contributed by atoms with E-state index in [4.69, 9.17) is 9.47 Å². The van der Waals surface area contributed by atoms with E-state index in [0.29, 0.717) is 6.07 Å². The molecule has 3 rings (SSSR count). The first-order valence-corrected chi connectivity index (χ1v) is 7.34. The quantitative estimate of drug-likeness (QED) is 0.610. The average Bonchev–Trinajstić information content (AvgIpc) is 2.61. The fraction of sp³-hybridized carbons (Fsp3) is 0.125. The van der Waals surface area contributed by atoms with Crippen molar-refractivity contribution in [3.05, 3.63) is 73.3 Å². The molecule has 0 saturated heterocycles. The molecule has 140 valence electrons. The van der Waals surface area contributed by atoms with E-state index in [1.54, 1.807) is 0 Å². The molecular weight excluding hydrogens is 367 g/mol. The number of aromatic hydroxyl groups is 1. The minimum Gasteiger partial charge on any atom is -0.508 e. The average molecular weight is 378 g/mol. The minimum atomic E-state index is -1.69. The van der Waals surface area contributed by atoms with Crippen LogP contribution in [-0.4, -0.2) is 27.2 Å². The molecule has 2 N–H and O–H groups in total. The number of nitro benzene ring substituents is 2. The molecule has 11 heteroatoms. The number of rotatable bonds is 4. The fourth-order valence-corrected chi connectivity index (χ4v) is 2.68. The van der Waals surface area contributed by atoms with Gasteiger partial charge in [0.05, 0.1) is 17.0 Å². The number of nitrogens with zero attached hydrogens (tertiary/aromatic N) is 2. The summed E-state index contributed by atoms with van der Waals surface area (Å²) in [5.74, 6) is -2.78. The van der Waals surface area contributed by atoms with Gasteiger partial charge in [-0.2, -0.15) is 4.39 Å². The SMILES string of the molecule is COC1=C(c2ccc(O)cc2)Oc2c(cc([N+](=O)[O-])c(F)c2[N+](=O)[O-])C1O. The van der Waals surface area contributed by atoms with Gasteiger partial charge in [-0.1, -0.05) is 0 Å². The van der Waals surface area contributed by atoms with Crippen LogP contribution in [0.5, 0.6) is 11.5 Å². The summed E-state index contributed by atoms with van der Waals surface area (Å²) in [6, 6.07) is 6.02. The third-order valence-corrected chi connectivity index (χ3v) is 3.90. The molecule has 1 aliphatic rings. The first kappa shape index (κ1) is 18.1. The number of methoxy groups -OCH3 is 1. The Morgan fingerprint density at radius 2 is 1.81 bits per heavy atom. The number of halogens is 1. The van der Waals surface area contributed by atoms with Crippen LogP contribution >= 0.6 is 0 Å². The number of phenolic OH excluding ortho intramolecular Hbond substituents is 1. The second-order valence-corrected chi connectivity index (χ2v) is 5.44. The van der Waals surface area contributed by atoms with Crippen molar-refractivity contribution in [2.24, 2.45) is 0 Å². The number of aliphatic hydroxyl groups excluding tert-OH is 1. The molecule has 1 atom stereocenters. The van der Waals surface area contributed by atoms with Crippen molar-refractivity contribution in [2.75, 3.05) is 7.11 Å². The first-order chi connectivity index (χ1) is 12.8. The topological polar surface area (TPSA) is 145 Å². The maximum Gasteiger partial charge on any atom is 0.354 e. The van der Waals surface area contributed by atoms with Crippen molar-refractivity contribution in [2.45, 2.75) is 6.10 Å². The molecule has 0 spiro atoms. The zero-order valence-corrected chi connectivity index (χ0v) is 13.6. The molecule has 0 aromatic heterocycles. The van der Waals surface area contributed by atoms with Crippen molar-refractivity contribution >= 4 is 17.1 Å². The van der Waals surface area contributed by atoms with Gasteiger partial charge in [0.1, 0.15) is 11.9 Å². The molecule has 0 radical (unpaired) electrons. The van der Waals surface area contributed by atoms with Gasteiger partial charge in [-0.25, -0.2) is 0 Å². The number of benzene rings is 2. The molecular formula is C16H11FN2O8. The molecule has 1 unspecified atom stereocenters. The monoisotopic (exact) mass is 378 g/mol. The van der Waals surface area contributed by atoms with Crippen molar-refractivity contribution in [3.63, 3.8) is 0 Å². The van der Waals surface area contributed by atoms with Crippen LogP contribution in [0.3, 0.4) is 0 Å². The van der Waals surface area contributed by atoms with Gasteiger partial charge in [0.25, 0.3) is 5.82 Å². The largest absolute Gasteiger partial charge is 0.508 e. The molecule has 27 heavy (non-hydrogen) atoms. The number of fused-ring (bicyclic) bond motifs is 1. The minimum absolute atomic E-state index is 0.0669. The van der Waals surface area contributed by atoms with Crippen LogP contribution in [0, 0.1) is 26.0 Å². The van der Waals surface area contributed by atoms with E-state index in [2.05, 4.69) is 0 Å². The summed E-state index contributed by atoms with van der Waals surface area (Å²) < 4.78 is 24.9. The Hall–Kier alpha value is -3.73. The molecule has 0 saturated carbocycles.